The van der Waals surface area contributed by atoms with Crippen LogP contribution >= 0.6 is 11.8 Å². The lowest BCUT2D eigenvalue weighted by Gasteiger charge is -2.21. The van der Waals surface area contributed by atoms with Crippen LogP contribution in [0.3, 0.4) is 0 Å². The maximum Gasteiger partial charge on any atom is 0.214 e. The number of nitrogens with zero attached hydrogens (tertiary/aromatic N) is 1. The molecule has 0 saturated heterocycles. The van der Waals surface area contributed by atoms with Crippen molar-refractivity contribution >= 4 is 34.0 Å². The number of pyridine rings is 1. The third kappa shape index (κ3) is 2.26. The predicted octanol–water partition coefficient (Wildman–Crippen LogP) is 5.14. The Labute approximate surface area is 135 Å². The summed E-state index contributed by atoms with van der Waals surface area (Å²) in [4.78, 5) is 2.61. The lowest BCUT2D eigenvalue weighted by molar-refractivity contribution is -0.673. The van der Waals surface area contributed by atoms with Crippen LogP contribution in [0.2, 0.25) is 0 Å². The van der Waals surface area contributed by atoms with Gasteiger partial charge in [-0.3, -0.25) is 0 Å². The molecule has 1 aliphatic heterocycles. The van der Waals surface area contributed by atoms with Crippen molar-refractivity contribution in [2.75, 3.05) is 5.32 Å². The second-order valence-corrected chi connectivity index (χ2v) is 6.74. The smallest absolute Gasteiger partial charge is 0.214 e. The fraction of sp³-hybridized carbons (Fsp3) is 0.211. The van der Waals surface area contributed by atoms with E-state index in [2.05, 4.69) is 71.5 Å². The predicted molar refractivity (Wildman–Crippen MR) is 92.9 cm³/mol. The molecule has 3 heteroatoms. The molecule has 0 amide bonds. The largest absolute Gasteiger partial charge is 0.353 e. The van der Waals surface area contributed by atoms with Gasteiger partial charge in [0.25, 0.3) is 0 Å². The molecule has 1 aromatic heterocycles. The van der Waals surface area contributed by atoms with Crippen LogP contribution < -0.4 is 9.88 Å². The minimum absolute atomic E-state index is 1.08. The van der Waals surface area contributed by atoms with E-state index in [4.69, 9.17) is 0 Å². The number of fused-ring (bicyclic) bond motifs is 4. The number of aryl methyl sites for hydroxylation is 1. The number of unbranched alkanes of at least 4 members (excludes halogenated alkanes) is 1. The van der Waals surface area contributed by atoms with Gasteiger partial charge in [-0.15, -0.1) is 0 Å². The second-order valence-electron chi connectivity index (χ2n) is 5.66. The third-order valence-electron chi connectivity index (χ3n) is 4.12. The van der Waals surface area contributed by atoms with Crippen molar-refractivity contribution in [2.45, 2.75) is 36.1 Å². The average molecular weight is 307 g/mol. The molecule has 0 aliphatic carbocycles. The van der Waals surface area contributed by atoms with Gasteiger partial charge in [-0.1, -0.05) is 49.4 Å². The van der Waals surface area contributed by atoms with Gasteiger partial charge in [-0.25, -0.2) is 0 Å². The van der Waals surface area contributed by atoms with Gasteiger partial charge in [0, 0.05) is 17.4 Å². The van der Waals surface area contributed by atoms with Gasteiger partial charge in [0.2, 0.25) is 5.52 Å². The Morgan fingerprint density at radius 3 is 2.73 bits per heavy atom. The monoisotopic (exact) mass is 307 g/mol. The zero-order chi connectivity index (χ0) is 14.9. The Balaban J connectivity index is 1.89. The van der Waals surface area contributed by atoms with Gasteiger partial charge in [0.15, 0.2) is 6.20 Å². The quantitative estimate of drug-likeness (QED) is 0.528. The first-order valence-electron chi connectivity index (χ1n) is 7.86. The van der Waals surface area contributed by atoms with E-state index < -0.39 is 0 Å². The number of para-hydroxylation sites is 2. The molecule has 0 radical (unpaired) electrons. The van der Waals surface area contributed by atoms with Gasteiger partial charge in [-0.05, 0) is 18.2 Å². The van der Waals surface area contributed by atoms with Crippen molar-refractivity contribution in [1.29, 1.82) is 0 Å². The summed E-state index contributed by atoms with van der Waals surface area (Å²) in [5.41, 5.74) is 3.76. The van der Waals surface area contributed by atoms with Crippen LogP contribution in [0.4, 0.5) is 11.4 Å². The highest BCUT2D eigenvalue weighted by atomic mass is 32.2. The van der Waals surface area contributed by atoms with E-state index in [9.17, 15) is 0 Å². The van der Waals surface area contributed by atoms with Gasteiger partial charge in [0.05, 0.1) is 16.8 Å². The molecule has 0 atom stereocenters. The first-order valence-corrected chi connectivity index (χ1v) is 8.67. The van der Waals surface area contributed by atoms with Crippen LogP contribution in [0, 0.1) is 0 Å². The van der Waals surface area contributed by atoms with Crippen LogP contribution in [0.1, 0.15) is 19.8 Å². The van der Waals surface area contributed by atoms with E-state index in [0.717, 1.165) is 6.54 Å². The Morgan fingerprint density at radius 2 is 1.82 bits per heavy atom. The summed E-state index contributed by atoms with van der Waals surface area (Å²) in [7, 11) is 0. The zero-order valence-electron chi connectivity index (χ0n) is 12.7. The van der Waals surface area contributed by atoms with E-state index >= 15 is 0 Å². The van der Waals surface area contributed by atoms with Gasteiger partial charge < -0.3 is 5.32 Å². The summed E-state index contributed by atoms with van der Waals surface area (Å²) < 4.78 is 2.40. The molecule has 0 bridgehead atoms. The summed E-state index contributed by atoms with van der Waals surface area (Å²) in [6.07, 6.45) is 4.73. The first-order chi connectivity index (χ1) is 10.9. The zero-order valence-corrected chi connectivity index (χ0v) is 13.5. The summed E-state index contributed by atoms with van der Waals surface area (Å²) in [6, 6.07) is 17.2. The highest BCUT2D eigenvalue weighted by molar-refractivity contribution is 7.99. The molecule has 2 nitrogen and oxygen atoms in total. The van der Waals surface area contributed by atoms with Crippen molar-refractivity contribution in [3.8, 4) is 0 Å². The second kappa shape index (κ2) is 5.65. The maximum absolute atomic E-state index is 3.63. The van der Waals surface area contributed by atoms with Crippen molar-refractivity contribution < 1.29 is 4.57 Å². The Morgan fingerprint density at radius 1 is 1.00 bits per heavy atom. The van der Waals surface area contributed by atoms with Crippen molar-refractivity contribution in [2.24, 2.45) is 0 Å². The van der Waals surface area contributed by atoms with Crippen molar-refractivity contribution in [3.05, 3.63) is 54.7 Å². The Bertz CT molecular complexity index is 842. The fourth-order valence-corrected chi connectivity index (χ4v) is 4.03. The van der Waals surface area contributed by atoms with E-state index in [0.29, 0.717) is 0 Å². The molecule has 0 unspecified atom stereocenters. The molecule has 1 aliphatic rings. The van der Waals surface area contributed by atoms with Crippen molar-refractivity contribution in [3.63, 3.8) is 0 Å². The Hall–Kier alpha value is -2.00. The minimum atomic E-state index is 1.08. The Kier molecular flexibility index (Phi) is 3.51. The maximum atomic E-state index is 3.63. The molecule has 110 valence electrons. The van der Waals surface area contributed by atoms with E-state index in [1.54, 1.807) is 0 Å². The molecule has 0 fully saturated rings. The summed E-state index contributed by atoms with van der Waals surface area (Å²) in [5, 5.41) is 4.94. The van der Waals surface area contributed by atoms with Gasteiger partial charge >= 0.3 is 0 Å². The van der Waals surface area contributed by atoms with E-state index in [1.165, 1.54) is 44.9 Å². The number of anilines is 2. The molecule has 1 N–H and O–H groups in total. The molecule has 0 spiro atoms. The number of hydrogen-bond donors (Lipinski definition) is 1. The van der Waals surface area contributed by atoms with Gasteiger partial charge in [0.1, 0.15) is 11.4 Å². The number of benzene rings is 2. The molecular weight excluding hydrogens is 288 g/mol. The lowest BCUT2D eigenvalue weighted by Crippen LogP contribution is -2.35. The van der Waals surface area contributed by atoms with E-state index in [1.807, 2.05) is 11.8 Å². The van der Waals surface area contributed by atoms with Crippen LogP contribution in [-0.4, -0.2) is 0 Å². The number of hydrogen-bond acceptors (Lipinski definition) is 2. The molecule has 3 aromatic rings. The van der Waals surface area contributed by atoms with Crippen molar-refractivity contribution in [1.82, 2.24) is 0 Å². The summed E-state index contributed by atoms with van der Waals surface area (Å²) >= 11 is 1.86. The van der Waals surface area contributed by atoms with Crippen LogP contribution in [0.5, 0.6) is 0 Å². The molecule has 0 saturated carbocycles. The molecule has 4 rings (SSSR count). The number of aromatic nitrogens is 1. The molecule has 2 aromatic carbocycles. The standard InChI is InChI=1S/C19H18N2S/c1-2-3-12-21-13-18-19(14-8-4-6-10-16(14)21)20-15-9-5-7-11-17(15)22-18/h4-11,13H,2-3,12H2,1H3/p+1. The lowest BCUT2D eigenvalue weighted by atomic mass is 10.1. The fourth-order valence-electron chi connectivity index (χ4n) is 2.98. The van der Waals surface area contributed by atoms with E-state index in [-0.39, 0.29) is 0 Å². The number of nitrogens with one attached hydrogen (secondary N) is 1. The normalized spacial score (nSPS) is 12.6. The highest BCUT2D eigenvalue weighted by Gasteiger charge is 2.23. The topological polar surface area (TPSA) is 15.9 Å². The minimum Gasteiger partial charge on any atom is -0.353 e. The highest BCUT2D eigenvalue weighted by Crippen LogP contribution is 2.45. The van der Waals surface area contributed by atoms with Gasteiger partial charge in [-0.2, -0.15) is 4.57 Å². The van der Waals surface area contributed by atoms with Crippen LogP contribution in [0.25, 0.3) is 10.9 Å². The van der Waals surface area contributed by atoms with Crippen LogP contribution in [0.15, 0.2) is 64.5 Å². The molecular formula is C19H19N2S+. The summed E-state index contributed by atoms with van der Waals surface area (Å²) in [5.74, 6) is 0. The average Bonchev–Trinajstić information content (AvgIpc) is 2.58. The molecule has 2 heterocycles. The summed E-state index contributed by atoms with van der Waals surface area (Å²) in [6.45, 7) is 3.32. The SMILES string of the molecule is CCCC[n+]1cc2c(c3ccccc31)Nc1ccccc1S2. The number of rotatable bonds is 3. The third-order valence-corrected chi connectivity index (χ3v) is 5.23. The van der Waals surface area contributed by atoms with Crippen LogP contribution in [-0.2, 0) is 6.54 Å². The molecule has 22 heavy (non-hydrogen) atoms. The first kappa shape index (κ1) is 13.6.